The molecule has 0 bridgehead atoms. The Balaban J connectivity index is 1.97. The number of esters is 1. The van der Waals surface area contributed by atoms with E-state index in [1.54, 1.807) is 14.2 Å². The van der Waals surface area contributed by atoms with Gasteiger partial charge in [0.2, 0.25) is 0 Å². The molecule has 1 fully saturated rings. The van der Waals surface area contributed by atoms with E-state index in [1.165, 1.54) is 5.56 Å². The van der Waals surface area contributed by atoms with Crippen LogP contribution in [0.15, 0.2) is 48.5 Å². The fourth-order valence-corrected chi connectivity index (χ4v) is 4.19. The number of likely N-dealkylation sites (tertiary alicyclic amines) is 1. The zero-order valence-corrected chi connectivity index (χ0v) is 18.2. The first-order valence-corrected chi connectivity index (χ1v) is 10.3. The SMILES string of the molecule is CCOC(=O)C1CN([C@H](C)c2ccccc2)C[C@H]1c1c(OC)cccc1OCOC. The number of nitrogens with zero attached hydrogens (tertiary/aromatic N) is 1. The van der Waals surface area contributed by atoms with E-state index in [2.05, 4.69) is 24.0 Å². The Bertz CT molecular complexity index is 826. The second-order valence-corrected chi connectivity index (χ2v) is 7.43. The van der Waals surface area contributed by atoms with Gasteiger partial charge in [0.05, 0.1) is 19.6 Å². The number of carbonyl (C=O) groups is 1. The first kappa shape index (κ1) is 22.1. The molecule has 1 aliphatic heterocycles. The molecule has 162 valence electrons. The highest BCUT2D eigenvalue weighted by Crippen LogP contribution is 2.45. The molecule has 0 saturated carbocycles. The summed E-state index contributed by atoms with van der Waals surface area (Å²) in [5.41, 5.74) is 2.11. The van der Waals surface area contributed by atoms with Gasteiger partial charge in [-0.3, -0.25) is 9.69 Å². The maximum absolute atomic E-state index is 12.9. The molecule has 1 heterocycles. The Hall–Kier alpha value is -2.57. The summed E-state index contributed by atoms with van der Waals surface area (Å²) in [5, 5.41) is 0. The molecule has 30 heavy (non-hydrogen) atoms. The summed E-state index contributed by atoms with van der Waals surface area (Å²) in [5.74, 6) is 0.770. The maximum Gasteiger partial charge on any atom is 0.310 e. The van der Waals surface area contributed by atoms with Crippen LogP contribution in [-0.4, -0.2) is 51.6 Å². The van der Waals surface area contributed by atoms with Gasteiger partial charge < -0.3 is 18.9 Å². The molecular formula is C24H31NO5. The van der Waals surface area contributed by atoms with Crippen LogP contribution in [0.2, 0.25) is 0 Å². The largest absolute Gasteiger partial charge is 0.496 e. The van der Waals surface area contributed by atoms with E-state index >= 15 is 0 Å². The summed E-state index contributed by atoms with van der Waals surface area (Å²) in [7, 11) is 3.22. The number of ether oxygens (including phenoxy) is 4. The molecule has 3 atom stereocenters. The van der Waals surface area contributed by atoms with E-state index in [4.69, 9.17) is 18.9 Å². The fraction of sp³-hybridized carbons (Fsp3) is 0.458. The Morgan fingerprint density at radius 3 is 2.47 bits per heavy atom. The van der Waals surface area contributed by atoms with Gasteiger partial charge in [-0.05, 0) is 31.5 Å². The van der Waals surface area contributed by atoms with Crippen LogP contribution in [0.25, 0.3) is 0 Å². The van der Waals surface area contributed by atoms with Gasteiger partial charge in [0.25, 0.3) is 0 Å². The number of methoxy groups -OCH3 is 2. The predicted octanol–water partition coefficient (Wildman–Crippen LogP) is 4.02. The molecule has 6 heteroatoms. The molecule has 3 rings (SSSR count). The van der Waals surface area contributed by atoms with Crippen LogP contribution in [0.1, 0.15) is 36.9 Å². The molecule has 0 spiro atoms. The van der Waals surface area contributed by atoms with Crippen LogP contribution in [-0.2, 0) is 14.3 Å². The van der Waals surface area contributed by atoms with Crippen LogP contribution in [0.4, 0.5) is 0 Å². The monoisotopic (exact) mass is 413 g/mol. The van der Waals surface area contributed by atoms with Gasteiger partial charge in [-0.1, -0.05) is 36.4 Å². The maximum atomic E-state index is 12.9. The fourth-order valence-electron chi connectivity index (χ4n) is 4.19. The van der Waals surface area contributed by atoms with E-state index in [0.29, 0.717) is 31.2 Å². The highest BCUT2D eigenvalue weighted by atomic mass is 16.7. The van der Waals surface area contributed by atoms with Crippen molar-refractivity contribution >= 4 is 5.97 Å². The molecule has 0 aliphatic carbocycles. The molecule has 6 nitrogen and oxygen atoms in total. The van der Waals surface area contributed by atoms with Crippen molar-refractivity contribution in [3.8, 4) is 11.5 Å². The van der Waals surface area contributed by atoms with Crippen LogP contribution < -0.4 is 9.47 Å². The van der Waals surface area contributed by atoms with Gasteiger partial charge >= 0.3 is 5.97 Å². The smallest absolute Gasteiger partial charge is 0.310 e. The number of rotatable bonds is 9. The lowest BCUT2D eigenvalue weighted by molar-refractivity contribution is -0.148. The van der Waals surface area contributed by atoms with Crippen molar-refractivity contribution in [3.63, 3.8) is 0 Å². The minimum Gasteiger partial charge on any atom is -0.496 e. The number of benzene rings is 2. The van der Waals surface area contributed by atoms with Crippen molar-refractivity contribution in [1.82, 2.24) is 4.90 Å². The standard InChI is InChI=1S/C24H31NO5/c1-5-29-24(26)20-15-25(17(2)18-10-7-6-8-11-18)14-19(20)23-21(28-4)12-9-13-22(23)30-16-27-3/h6-13,17,19-20H,5,14-16H2,1-4H3/t17-,19-,20?/m1/s1. The lowest BCUT2D eigenvalue weighted by atomic mass is 9.87. The Morgan fingerprint density at radius 2 is 1.80 bits per heavy atom. The Morgan fingerprint density at radius 1 is 1.07 bits per heavy atom. The Labute approximate surface area is 178 Å². The third kappa shape index (κ3) is 4.77. The van der Waals surface area contributed by atoms with Crippen molar-refractivity contribution in [2.75, 3.05) is 40.7 Å². The lowest BCUT2D eigenvalue weighted by Crippen LogP contribution is -2.27. The normalized spacial score (nSPS) is 20.0. The summed E-state index contributed by atoms with van der Waals surface area (Å²) >= 11 is 0. The van der Waals surface area contributed by atoms with E-state index in [9.17, 15) is 4.79 Å². The second kappa shape index (κ2) is 10.5. The molecule has 1 aliphatic rings. The van der Waals surface area contributed by atoms with Gasteiger partial charge in [-0.2, -0.15) is 0 Å². The first-order valence-electron chi connectivity index (χ1n) is 10.3. The summed E-state index contributed by atoms with van der Waals surface area (Å²) in [6.45, 7) is 5.80. The highest BCUT2D eigenvalue weighted by Gasteiger charge is 2.43. The predicted molar refractivity (Wildman–Crippen MR) is 115 cm³/mol. The number of hydrogen-bond donors (Lipinski definition) is 0. The second-order valence-electron chi connectivity index (χ2n) is 7.43. The van der Waals surface area contributed by atoms with Crippen molar-refractivity contribution in [3.05, 3.63) is 59.7 Å². The van der Waals surface area contributed by atoms with E-state index in [-0.39, 0.29) is 30.6 Å². The highest BCUT2D eigenvalue weighted by molar-refractivity contribution is 5.75. The lowest BCUT2D eigenvalue weighted by Gasteiger charge is -2.25. The van der Waals surface area contributed by atoms with Crippen molar-refractivity contribution in [2.24, 2.45) is 5.92 Å². The van der Waals surface area contributed by atoms with Crippen LogP contribution >= 0.6 is 0 Å². The average molecular weight is 414 g/mol. The molecule has 1 saturated heterocycles. The molecular weight excluding hydrogens is 382 g/mol. The zero-order chi connectivity index (χ0) is 21.5. The molecule has 2 aromatic carbocycles. The quantitative estimate of drug-likeness (QED) is 0.457. The Kier molecular flexibility index (Phi) is 7.71. The third-order valence-corrected chi connectivity index (χ3v) is 5.72. The minimum atomic E-state index is -0.308. The van der Waals surface area contributed by atoms with Crippen LogP contribution in [0, 0.1) is 5.92 Å². The zero-order valence-electron chi connectivity index (χ0n) is 18.2. The van der Waals surface area contributed by atoms with E-state index in [1.807, 2.05) is 43.3 Å². The van der Waals surface area contributed by atoms with Gasteiger partial charge in [-0.25, -0.2) is 0 Å². The van der Waals surface area contributed by atoms with Gasteiger partial charge in [0.1, 0.15) is 11.5 Å². The average Bonchev–Trinajstić information content (AvgIpc) is 3.22. The number of carbonyl (C=O) groups excluding carboxylic acids is 1. The van der Waals surface area contributed by atoms with Crippen LogP contribution in [0.3, 0.4) is 0 Å². The van der Waals surface area contributed by atoms with Crippen molar-refractivity contribution in [1.29, 1.82) is 0 Å². The molecule has 2 aromatic rings. The first-order chi connectivity index (χ1) is 14.6. The summed E-state index contributed by atoms with van der Waals surface area (Å²) in [6.07, 6.45) is 0. The van der Waals surface area contributed by atoms with Gasteiger partial charge in [0, 0.05) is 37.7 Å². The summed E-state index contributed by atoms with van der Waals surface area (Å²) in [4.78, 5) is 15.2. The molecule has 1 unspecified atom stereocenters. The summed E-state index contributed by atoms with van der Waals surface area (Å²) in [6, 6.07) is 16.2. The molecule has 0 N–H and O–H groups in total. The van der Waals surface area contributed by atoms with Crippen molar-refractivity contribution < 1.29 is 23.7 Å². The molecule has 0 aromatic heterocycles. The van der Waals surface area contributed by atoms with Gasteiger partial charge in [-0.15, -0.1) is 0 Å². The van der Waals surface area contributed by atoms with Crippen molar-refractivity contribution in [2.45, 2.75) is 25.8 Å². The topological polar surface area (TPSA) is 57.2 Å². The minimum absolute atomic E-state index is 0.113. The molecule has 0 amide bonds. The van der Waals surface area contributed by atoms with E-state index in [0.717, 1.165) is 5.56 Å². The molecule has 0 radical (unpaired) electrons. The van der Waals surface area contributed by atoms with Gasteiger partial charge in [0.15, 0.2) is 6.79 Å². The summed E-state index contributed by atoms with van der Waals surface area (Å²) < 4.78 is 22.0. The number of hydrogen-bond acceptors (Lipinski definition) is 6. The third-order valence-electron chi connectivity index (χ3n) is 5.72. The van der Waals surface area contributed by atoms with Crippen LogP contribution in [0.5, 0.6) is 11.5 Å². The van der Waals surface area contributed by atoms with E-state index < -0.39 is 0 Å².